The molecule has 0 aliphatic heterocycles. The van der Waals surface area contributed by atoms with E-state index in [1.807, 2.05) is 0 Å². The SMILES string of the molecule is CC(C)c1c(CNC(C)(C)C)cnn1C1CCCCCC1. The first-order valence-electron chi connectivity index (χ1n) is 8.70. The Kier molecular flexibility index (Phi) is 5.48. The first-order valence-corrected chi connectivity index (χ1v) is 8.70. The molecule has 21 heavy (non-hydrogen) atoms. The zero-order chi connectivity index (χ0) is 15.5. The number of rotatable bonds is 4. The Morgan fingerprint density at radius 3 is 2.33 bits per heavy atom. The molecule has 0 radical (unpaired) electrons. The van der Waals surface area contributed by atoms with Crippen LogP contribution in [0.2, 0.25) is 0 Å². The van der Waals surface area contributed by atoms with E-state index in [0.29, 0.717) is 12.0 Å². The molecule has 1 aliphatic carbocycles. The van der Waals surface area contributed by atoms with E-state index in [9.17, 15) is 0 Å². The maximum Gasteiger partial charge on any atom is 0.0537 e. The minimum absolute atomic E-state index is 0.151. The van der Waals surface area contributed by atoms with Crippen LogP contribution < -0.4 is 5.32 Å². The van der Waals surface area contributed by atoms with Gasteiger partial charge in [0.1, 0.15) is 0 Å². The Bertz CT molecular complexity index is 432. The molecule has 3 nitrogen and oxygen atoms in total. The molecule has 1 aliphatic rings. The highest BCUT2D eigenvalue weighted by atomic mass is 15.3. The Balaban J connectivity index is 2.19. The molecule has 1 aromatic rings. The molecule has 0 unspecified atom stereocenters. The predicted molar refractivity (Wildman–Crippen MR) is 89.6 cm³/mol. The second kappa shape index (κ2) is 6.95. The van der Waals surface area contributed by atoms with Gasteiger partial charge in [-0.3, -0.25) is 4.68 Å². The largest absolute Gasteiger partial charge is 0.308 e. The lowest BCUT2D eigenvalue weighted by atomic mass is 10.0. The zero-order valence-electron chi connectivity index (χ0n) is 14.6. The molecule has 0 aromatic carbocycles. The molecule has 0 atom stereocenters. The molecule has 0 spiro atoms. The Labute approximate surface area is 130 Å². The van der Waals surface area contributed by atoms with Crippen molar-refractivity contribution < 1.29 is 0 Å². The average molecular weight is 291 g/mol. The van der Waals surface area contributed by atoms with E-state index in [2.05, 4.69) is 50.8 Å². The van der Waals surface area contributed by atoms with E-state index < -0.39 is 0 Å². The lowest BCUT2D eigenvalue weighted by molar-refractivity contribution is 0.385. The molecule has 0 saturated heterocycles. The van der Waals surface area contributed by atoms with Gasteiger partial charge in [0.2, 0.25) is 0 Å². The quantitative estimate of drug-likeness (QED) is 0.808. The minimum Gasteiger partial charge on any atom is -0.308 e. The summed E-state index contributed by atoms with van der Waals surface area (Å²) in [6, 6.07) is 0.619. The van der Waals surface area contributed by atoms with Crippen molar-refractivity contribution in [3.8, 4) is 0 Å². The average Bonchev–Trinajstić information content (AvgIpc) is 2.62. The normalized spacial score (nSPS) is 18.2. The predicted octanol–water partition coefficient (Wildman–Crippen LogP) is 4.79. The fraction of sp³-hybridized carbons (Fsp3) is 0.833. The molecule has 0 bridgehead atoms. The van der Waals surface area contributed by atoms with Crippen molar-refractivity contribution in [2.75, 3.05) is 0 Å². The number of aromatic nitrogens is 2. The van der Waals surface area contributed by atoms with Crippen LogP contribution in [0.15, 0.2) is 6.20 Å². The second-order valence-electron chi connectivity index (χ2n) is 7.90. The van der Waals surface area contributed by atoms with Crippen LogP contribution in [0.3, 0.4) is 0 Å². The van der Waals surface area contributed by atoms with Crippen molar-refractivity contribution in [3.05, 3.63) is 17.5 Å². The van der Waals surface area contributed by atoms with Gasteiger partial charge in [0.15, 0.2) is 0 Å². The van der Waals surface area contributed by atoms with Crippen LogP contribution in [0.25, 0.3) is 0 Å². The van der Waals surface area contributed by atoms with E-state index in [4.69, 9.17) is 5.10 Å². The Morgan fingerprint density at radius 1 is 1.19 bits per heavy atom. The molecule has 0 amide bonds. The van der Waals surface area contributed by atoms with Gasteiger partial charge in [-0.2, -0.15) is 5.10 Å². The van der Waals surface area contributed by atoms with Crippen molar-refractivity contribution in [2.24, 2.45) is 0 Å². The molecule has 1 saturated carbocycles. The first kappa shape index (κ1) is 16.5. The molecular weight excluding hydrogens is 258 g/mol. The molecule has 1 heterocycles. The molecule has 2 rings (SSSR count). The van der Waals surface area contributed by atoms with Gasteiger partial charge in [-0.05, 0) is 39.5 Å². The molecule has 3 heteroatoms. The van der Waals surface area contributed by atoms with Crippen molar-refractivity contribution in [2.45, 2.75) is 97.2 Å². The lowest BCUT2D eigenvalue weighted by Gasteiger charge is -2.23. The fourth-order valence-electron chi connectivity index (χ4n) is 3.33. The van der Waals surface area contributed by atoms with Gasteiger partial charge >= 0.3 is 0 Å². The van der Waals surface area contributed by atoms with E-state index in [1.165, 1.54) is 49.8 Å². The van der Waals surface area contributed by atoms with Gasteiger partial charge in [-0.25, -0.2) is 0 Å². The Morgan fingerprint density at radius 2 is 1.81 bits per heavy atom. The van der Waals surface area contributed by atoms with Crippen LogP contribution in [0.5, 0.6) is 0 Å². The van der Waals surface area contributed by atoms with Crippen molar-refractivity contribution >= 4 is 0 Å². The monoisotopic (exact) mass is 291 g/mol. The summed E-state index contributed by atoms with van der Waals surface area (Å²) in [5, 5.41) is 8.39. The van der Waals surface area contributed by atoms with Crippen LogP contribution in [-0.2, 0) is 6.54 Å². The van der Waals surface area contributed by atoms with Crippen molar-refractivity contribution in [3.63, 3.8) is 0 Å². The van der Waals surface area contributed by atoms with Crippen molar-refractivity contribution in [1.82, 2.24) is 15.1 Å². The van der Waals surface area contributed by atoms with E-state index in [0.717, 1.165) is 6.54 Å². The molecule has 1 N–H and O–H groups in total. The summed E-state index contributed by atoms with van der Waals surface area (Å²) in [5.41, 5.74) is 2.97. The molecule has 120 valence electrons. The summed E-state index contributed by atoms with van der Waals surface area (Å²) >= 11 is 0. The number of nitrogens with zero attached hydrogens (tertiary/aromatic N) is 2. The topological polar surface area (TPSA) is 29.9 Å². The van der Waals surface area contributed by atoms with Gasteiger partial charge in [0.05, 0.1) is 12.2 Å². The smallest absolute Gasteiger partial charge is 0.0537 e. The highest BCUT2D eigenvalue weighted by molar-refractivity contribution is 5.22. The number of hydrogen-bond acceptors (Lipinski definition) is 2. The first-order chi connectivity index (χ1) is 9.88. The summed E-state index contributed by atoms with van der Waals surface area (Å²) in [5.74, 6) is 0.535. The van der Waals surface area contributed by atoms with Gasteiger partial charge in [-0.15, -0.1) is 0 Å². The summed E-state index contributed by atoms with van der Waals surface area (Å²) in [6.07, 6.45) is 10.2. The van der Waals surface area contributed by atoms with Gasteiger partial charge in [-0.1, -0.05) is 39.5 Å². The third-order valence-corrected chi connectivity index (χ3v) is 4.44. The summed E-state index contributed by atoms with van der Waals surface area (Å²) in [4.78, 5) is 0. The van der Waals surface area contributed by atoms with Crippen LogP contribution in [-0.4, -0.2) is 15.3 Å². The molecule has 1 aromatic heterocycles. The third kappa shape index (κ3) is 4.57. The van der Waals surface area contributed by atoms with Crippen LogP contribution in [0.1, 0.15) is 96.4 Å². The minimum atomic E-state index is 0.151. The highest BCUT2D eigenvalue weighted by Crippen LogP contribution is 2.31. The van der Waals surface area contributed by atoms with E-state index >= 15 is 0 Å². The summed E-state index contributed by atoms with van der Waals surface area (Å²) in [7, 11) is 0. The highest BCUT2D eigenvalue weighted by Gasteiger charge is 2.22. The second-order valence-corrected chi connectivity index (χ2v) is 7.90. The maximum atomic E-state index is 4.78. The van der Waals surface area contributed by atoms with E-state index in [-0.39, 0.29) is 5.54 Å². The summed E-state index contributed by atoms with van der Waals surface area (Å²) < 4.78 is 2.36. The van der Waals surface area contributed by atoms with E-state index in [1.54, 1.807) is 0 Å². The third-order valence-electron chi connectivity index (χ3n) is 4.44. The Hall–Kier alpha value is -0.830. The number of nitrogens with one attached hydrogen (secondary N) is 1. The molecular formula is C18H33N3. The lowest BCUT2D eigenvalue weighted by Crippen LogP contribution is -2.35. The fourth-order valence-corrected chi connectivity index (χ4v) is 3.33. The van der Waals surface area contributed by atoms with Crippen LogP contribution >= 0.6 is 0 Å². The standard InChI is InChI=1S/C18H33N3/c1-14(2)17-15(12-19-18(3,4)5)13-20-21(17)16-10-8-6-7-9-11-16/h13-14,16,19H,6-12H2,1-5H3. The van der Waals surface area contributed by atoms with Crippen molar-refractivity contribution in [1.29, 1.82) is 0 Å². The van der Waals surface area contributed by atoms with Gasteiger partial charge in [0.25, 0.3) is 0 Å². The maximum absolute atomic E-state index is 4.78. The van der Waals surface area contributed by atoms with Crippen LogP contribution in [0.4, 0.5) is 0 Å². The summed E-state index contributed by atoms with van der Waals surface area (Å²) in [6.45, 7) is 12.2. The van der Waals surface area contributed by atoms with Crippen LogP contribution in [0, 0.1) is 0 Å². The van der Waals surface area contributed by atoms with Gasteiger partial charge in [0, 0.05) is 23.3 Å². The number of hydrogen-bond donors (Lipinski definition) is 1. The van der Waals surface area contributed by atoms with Gasteiger partial charge < -0.3 is 5.32 Å². The molecule has 1 fully saturated rings. The zero-order valence-corrected chi connectivity index (χ0v) is 14.6.